The number of hydrogen-bond donors (Lipinski definition) is 1. The predicted octanol–water partition coefficient (Wildman–Crippen LogP) is 5.02. The fraction of sp³-hybridized carbons (Fsp3) is 0.556. The van der Waals surface area contributed by atoms with Crippen LogP contribution in [0.1, 0.15) is 63.9 Å². The fourth-order valence-corrected chi connectivity index (χ4v) is 4.77. The van der Waals surface area contributed by atoms with Crippen LogP contribution in [-0.2, 0) is 16.4 Å². The van der Waals surface area contributed by atoms with Gasteiger partial charge >= 0.3 is 0 Å². The average Bonchev–Trinajstić information content (AvgIpc) is 3.10. The van der Waals surface area contributed by atoms with E-state index in [4.69, 9.17) is 0 Å². The third-order valence-corrected chi connectivity index (χ3v) is 6.32. The molecule has 0 aliphatic heterocycles. The van der Waals surface area contributed by atoms with Crippen LogP contribution in [0.5, 0.6) is 0 Å². The van der Waals surface area contributed by atoms with Crippen LogP contribution in [0.4, 0.5) is 5.13 Å². The second-order valence-electron chi connectivity index (χ2n) is 6.18. The summed E-state index contributed by atoms with van der Waals surface area (Å²) >= 11 is 1.17. The number of benzene rings is 1. The highest BCUT2D eigenvalue weighted by Crippen LogP contribution is 2.22. The van der Waals surface area contributed by atoms with Crippen LogP contribution in [0.15, 0.2) is 34.7 Å². The summed E-state index contributed by atoms with van der Waals surface area (Å²) < 4.78 is 27.7. The number of aromatic nitrogens is 2. The molecule has 0 saturated heterocycles. The zero-order valence-electron chi connectivity index (χ0n) is 14.8. The first kappa shape index (κ1) is 19.8. The molecule has 0 saturated carbocycles. The van der Waals surface area contributed by atoms with Crippen molar-refractivity contribution in [3.05, 3.63) is 35.3 Å². The second kappa shape index (κ2) is 10.5. The minimum absolute atomic E-state index is 0.293. The van der Waals surface area contributed by atoms with E-state index in [-0.39, 0.29) is 0 Å². The van der Waals surface area contributed by atoms with Crippen molar-refractivity contribution in [1.82, 2.24) is 10.2 Å². The summed E-state index contributed by atoms with van der Waals surface area (Å²) in [5.74, 6) is 0. The first-order chi connectivity index (χ1) is 12.1. The third kappa shape index (κ3) is 6.74. The first-order valence-corrected chi connectivity index (χ1v) is 11.4. The van der Waals surface area contributed by atoms with E-state index in [1.165, 1.54) is 55.4 Å². The molecule has 1 aromatic heterocycles. The van der Waals surface area contributed by atoms with E-state index < -0.39 is 10.0 Å². The Labute approximate surface area is 154 Å². The maximum atomic E-state index is 12.6. The zero-order chi connectivity index (χ0) is 18.0. The largest absolute Gasteiger partial charge is 0.263 e. The van der Waals surface area contributed by atoms with Crippen molar-refractivity contribution in [3.8, 4) is 0 Å². The summed E-state index contributed by atoms with van der Waals surface area (Å²) in [6, 6.07) is 7.20. The number of aryl methyl sites for hydroxylation is 1. The van der Waals surface area contributed by atoms with E-state index in [0.717, 1.165) is 24.8 Å². The molecule has 5 nitrogen and oxygen atoms in total. The number of sulfonamides is 1. The van der Waals surface area contributed by atoms with Gasteiger partial charge in [0.1, 0.15) is 5.51 Å². The second-order valence-corrected chi connectivity index (χ2v) is 8.67. The molecule has 2 rings (SSSR count). The van der Waals surface area contributed by atoms with Crippen molar-refractivity contribution in [2.24, 2.45) is 0 Å². The molecule has 0 spiro atoms. The molecule has 138 valence electrons. The van der Waals surface area contributed by atoms with Crippen LogP contribution in [0, 0.1) is 0 Å². The summed E-state index contributed by atoms with van der Waals surface area (Å²) in [5, 5.41) is 7.71. The molecule has 1 heterocycles. The summed E-state index contributed by atoms with van der Waals surface area (Å²) in [5.41, 5.74) is 2.37. The van der Waals surface area contributed by atoms with Gasteiger partial charge in [-0.25, -0.2) is 8.42 Å². The van der Waals surface area contributed by atoms with Gasteiger partial charge in [0, 0.05) is 0 Å². The molecule has 0 aliphatic rings. The number of hydrogen-bond acceptors (Lipinski definition) is 5. The lowest BCUT2D eigenvalue weighted by atomic mass is 10.0. The van der Waals surface area contributed by atoms with E-state index >= 15 is 0 Å². The van der Waals surface area contributed by atoms with Gasteiger partial charge in [0.15, 0.2) is 0 Å². The molecule has 0 fully saturated rings. The standard InChI is InChI=1S/C18H27N3O2S2/c1-2-3-4-5-6-7-8-9-12-16-13-10-11-14-17(16)25(22,23)21-18-20-19-15-24-18/h10-11,13-15H,2-9,12H2,1H3,(H,20,21). The monoisotopic (exact) mass is 381 g/mol. The van der Waals surface area contributed by atoms with E-state index in [9.17, 15) is 8.42 Å². The Balaban J connectivity index is 1.85. The van der Waals surface area contributed by atoms with Gasteiger partial charge < -0.3 is 0 Å². The molecule has 0 amide bonds. The molecule has 25 heavy (non-hydrogen) atoms. The van der Waals surface area contributed by atoms with Crippen LogP contribution < -0.4 is 4.72 Å². The lowest BCUT2D eigenvalue weighted by Gasteiger charge is -2.10. The summed E-state index contributed by atoms with van der Waals surface area (Å²) in [6.07, 6.45) is 10.7. The highest BCUT2D eigenvalue weighted by molar-refractivity contribution is 7.93. The van der Waals surface area contributed by atoms with Gasteiger partial charge in [0.2, 0.25) is 5.13 Å². The van der Waals surface area contributed by atoms with Gasteiger partial charge in [0.05, 0.1) is 4.90 Å². The molecule has 1 N–H and O–H groups in total. The van der Waals surface area contributed by atoms with Crippen molar-refractivity contribution in [2.75, 3.05) is 4.72 Å². The van der Waals surface area contributed by atoms with Crippen LogP contribution in [-0.4, -0.2) is 18.6 Å². The van der Waals surface area contributed by atoms with Gasteiger partial charge in [-0.15, -0.1) is 10.2 Å². The number of unbranched alkanes of at least 4 members (excludes halogenated alkanes) is 7. The number of nitrogens with zero attached hydrogens (tertiary/aromatic N) is 2. The zero-order valence-corrected chi connectivity index (χ0v) is 16.4. The molecule has 0 aliphatic carbocycles. The normalized spacial score (nSPS) is 11.6. The van der Waals surface area contributed by atoms with Crippen molar-refractivity contribution < 1.29 is 8.42 Å². The highest BCUT2D eigenvalue weighted by Gasteiger charge is 2.19. The Morgan fingerprint density at radius 1 is 1.00 bits per heavy atom. The lowest BCUT2D eigenvalue weighted by Crippen LogP contribution is -2.15. The van der Waals surface area contributed by atoms with Gasteiger partial charge in [-0.2, -0.15) is 0 Å². The first-order valence-electron chi connectivity index (χ1n) is 9.00. The molecule has 2 aromatic rings. The molecule has 0 atom stereocenters. The van der Waals surface area contributed by atoms with Gasteiger partial charge in [-0.1, -0.05) is 81.4 Å². The molecule has 0 radical (unpaired) electrons. The Kier molecular flexibility index (Phi) is 8.34. The topological polar surface area (TPSA) is 72.0 Å². The molecule has 7 heteroatoms. The van der Waals surface area contributed by atoms with E-state index in [1.807, 2.05) is 12.1 Å². The van der Waals surface area contributed by atoms with E-state index in [2.05, 4.69) is 21.8 Å². The van der Waals surface area contributed by atoms with Gasteiger partial charge in [-0.05, 0) is 24.5 Å². The maximum Gasteiger partial charge on any atom is 0.263 e. The third-order valence-electron chi connectivity index (χ3n) is 4.14. The number of rotatable bonds is 12. The van der Waals surface area contributed by atoms with Gasteiger partial charge in [-0.3, -0.25) is 4.72 Å². The summed E-state index contributed by atoms with van der Waals surface area (Å²) in [7, 11) is -3.61. The fourth-order valence-electron chi connectivity index (χ4n) is 2.81. The van der Waals surface area contributed by atoms with E-state index in [0.29, 0.717) is 10.0 Å². The number of anilines is 1. The molecule has 0 unspecified atom stereocenters. The lowest BCUT2D eigenvalue weighted by molar-refractivity contribution is 0.573. The summed E-state index contributed by atoms with van der Waals surface area (Å²) in [4.78, 5) is 0.341. The average molecular weight is 382 g/mol. The Bertz CT molecular complexity index is 716. The van der Waals surface area contributed by atoms with Crippen LogP contribution >= 0.6 is 11.3 Å². The van der Waals surface area contributed by atoms with Crippen molar-refractivity contribution in [1.29, 1.82) is 0 Å². The van der Waals surface area contributed by atoms with Crippen LogP contribution in [0.3, 0.4) is 0 Å². The van der Waals surface area contributed by atoms with Crippen molar-refractivity contribution in [3.63, 3.8) is 0 Å². The van der Waals surface area contributed by atoms with Gasteiger partial charge in [0.25, 0.3) is 10.0 Å². The maximum absolute atomic E-state index is 12.6. The smallest absolute Gasteiger partial charge is 0.253 e. The molecule has 0 bridgehead atoms. The number of nitrogens with one attached hydrogen (secondary N) is 1. The Morgan fingerprint density at radius 2 is 1.68 bits per heavy atom. The van der Waals surface area contributed by atoms with Crippen molar-refractivity contribution in [2.45, 2.75) is 69.6 Å². The Morgan fingerprint density at radius 3 is 2.36 bits per heavy atom. The van der Waals surface area contributed by atoms with Crippen LogP contribution in [0.25, 0.3) is 0 Å². The van der Waals surface area contributed by atoms with Crippen molar-refractivity contribution >= 4 is 26.5 Å². The highest BCUT2D eigenvalue weighted by atomic mass is 32.2. The molecular formula is C18H27N3O2S2. The minimum Gasteiger partial charge on any atom is -0.253 e. The predicted molar refractivity (Wildman–Crippen MR) is 103 cm³/mol. The Hall–Kier alpha value is -1.47. The van der Waals surface area contributed by atoms with Crippen LogP contribution in [0.2, 0.25) is 0 Å². The molecular weight excluding hydrogens is 354 g/mol. The quantitative estimate of drug-likeness (QED) is 0.524. The SMILES string of the molecule is CCCCCCCCCCc1ccccc1S(=O)(=O)Nc1nncs1. The minimum atomic E-state index is -3.61. The summed E-state index contributed by atoms with van der Waals surface area (Å²) in [6.45, 7) is 2.23. The molecule has 1 aromatic carbocycles. The van der Waals surface area contributed by atoms with E-state index in [1.54, 1.807) is 12.1 Å².